The molecule has 28 heavy (non-hydrogen) atoms. The Labute approximate surface area is 164 Å². The van der Waals surface area contributed by atoms with E-state index in [0.29, 0.717) is 13.1 Å². The van der Waals surface area contributed by atoms with Crippen molar-refractivity contribution in [1.29, 1.82) is 0 Å². The number of aromatic nitrogens is 3. The maximum Gasteiger partial charge on any atom is 0.244 e. The molecule has 8 heteroatoms. The highest BCUT2D eigenvalue weighted by Gasteiger charge is 2.30. The lowest BCUT2D eigenvalue weighted by Gasteiger charge is -2.31. The molecule has 0 bridgehead atoms. The highest BCUT2D eigenvalue weighted by atomic mass is 32.2. The van der Waals surface area contributed by atoms with Crippen molar-refractivity contribution in [2.75, 3.05) is 13.1 Å². The number of pyridine rings is 2. The molecule has 0 aliphatic carbocycles. The molecule has 0 saturated carbocycles. The number of sulfonamides is 1. The summed E-state index contributed by atoms with van der Waals surface area (Å²) in [5.41, 5.74) is 3.58. The van der Waals surface area contributed by atoms with Crippen molar-refractivity contribution in [3.63, 3.8) is 0 Å². The molecule has 4 rings (SSSR count). The van der Waals surface area contributed by atoms with Crippen LogP contribution in [0.5, 0.6) is 0 Å². The molecule has 1 aliphatic heterocycles. The first-order valence-electron chi connectivity index (χ1n) is 9.27. The zero-order valence-corrected chi connectivity index (χ0v) is 16.7. The van der Waals surface area contributed by atoms with E-state index in [1.807, 2.05) is 32.0 Å². The Morgan fingerprint density at radius 2 is 1.89 bits per heavy atom. The van der Waals surface area contributed by atoms with E-state index in [1.165, 1.54) is 6.20 Å². The van der Waals surface area contributed by atoms with Crippen molar-refractivity contribution in [2.24, 2.45) is 0 Å². The molecule has 0 unspecified atom stereocenters. The standard InChI is InChI=1S/C20H22N4O3S/c1-14-20(15(2)27-23-14)19-7-3-6-18(22-19)16-8-11-24(12-9-16)28(25,26)17-5-4-10-21-13-17/h3-7,10,13,16H,8-9,11-12H2,1-2H3. The van der Waals surface area contributed by atoms with Gasteiger partial charge in [-0.2, -0.15) is 4.31 Å². The number of hydrogen-bond donors (Lipinski definition) is 0. The topological polar surface area (TPSA) is 89.2 Å². The summed E-state index contributed by atoms with van der Waals surface area (Å²) in [5.74, 6) is 0.973. The van der Waals surface area contributed by atoms with E-state index in [-0.39, 0.29) is 10.8 Å². The molecule has 7 nitrogen and oxygen atoms in total. The molecular weight excluding hydrogens is 376 g/mol. The summed E-state index contributed by atoms with van der Waals surface area (Å²) in [5, 5.41) is 4.01. The van der Waals surface area contributed by atoms with Crippen LogP contribution in [0.2, 0.25) is 0 Å². The Hall–Kier alpha value is -2.58. The summed E-state index contributed by atoms with van der Waals surface area (Å²) in [7, 11) is -3.49. The van der Waals surface area contributed by atoms with Gasteiger partial charge in [-0.05, 0) is 51.0 Å². The highest BCUT2D eigenvalue weighted by molar-refractivity contribution is 7.89. The smallest absolute Gasteiger partial charge is 0.244 e. The molecule has 1 fully saturated rings. The Morgan fingerprint density at radius 1 is 1.11 bits per heavy atom. The second kappa shape index (κ2) is 7.44. The summed E-state index contributed by atoms with van der Waals surface area (Å²) in [4.78, 5) is 9.00. The van der Waals surface area contributed by atoms with Crippen molar-refractivity contribution < 1.29 is 12.9 Å². The lowest BCUT2D eigenvalue weighted by molar-refractivity contribution is 0.316. The highest BCUT2D eigenvalue weighted by Crippen LogP contribution is 2.32. The van der Waals surface area contributed by atoms with Crippen molar-refractivity contribution in [2.45, 2.75) is 37.5 Å². The van der Waals surface area contributed by atoms with E-state index in [1.54, 1.807) is 22.6 Å². The van der Waals surface area contributed by atoms with Crippen LogP contribution in [0, 0.1) is 13.8 Å². The van der Waals surface area contributed by atoms with Gasteiger partial charge < -0.3 is 4.52 Å². The Bertz CT molecular complexity index is 1050. The number of aryl methyl sites for hydroxylation is 2. The molecular formula is C20H22N4O3S. The normalized spacial score (nSPS) is 16.4. The molecule has 1 saturated heterocycles. The molecule has 0 atom stereocenters. The summed E-state index contributed by atoms with van der Waals surface area (Å²) >= 11 is 0. The second-order valence-corrected chi connectivity index (χ2v) is 8.95. The minimum Gasteiger partial charge on any atom is -0.361 e. The molecule has 0 spiro atoms. The SMILES string of the molecule is Cc1noc(C)c1-c1cccc(C2CCN(S(=O)(=O)c3cccnc3)CC2)n1. The van der Waals surface area contributed by atoms with Gasteiger partial charge in [0.2, 0.25) is 10.0 Å². The van der Waals surface area contributed by atoms with E-state index in [2.05, 4.69) is 10.1 Å². The second-order valence-electron chi connectivity index (χ2n) is 7.01. The van der Waals surface area contributed by atoms with Gasteiger partial charge in [-0.3, -0.25) is 9.97 Å². The zero-order valence-electron chi connectivity index (χ0n) is 15.9. The third-order valence-electron chi connectivity index (χ3n) is 5.20. The first-order valence-corrected chi connectivity index (χ1v) is 10.7. The van der Waals surface area contributed by atoms with Crippen LogP contribution in [-0.2, 0) is 10.0 Å². The van der Waals surface area contributed by atoms with Crippen LogP contribution in [0.4, 0.5) is 0 Å². The lowest BCUT2D eigenvalue weighted by atomic mass is 9.93. The molecule has 146 valence electrons. The van der Waals surface area contributed by atoms with Crippen molar-refractivity contribution in [1.82, 2.24) is 19.4 Å². The quantitative estimate of drug-likeness (QED) is 0.670. The lowest BCUT2D eigenvalue weighted by Crippen LogP contribution is -2.38. The van der Waals surface area contributed by atoms with Crippen molar-refractivity contribution in [3.8, 4) is 11.3 Å². The van der Waals surface area contributed by atoms with E-state index < -0.39 is 10.0 Å². The van der Waals surface area contributed by atoms with Gasteiger partial charge >= 0.3 is 0 Å². The van der Waals surface area contributed by atoms with Crippen LogP contribution in [0.15, 0.2) is 52.1 Å². The predicted molar refractivity (Wildman–Crippen MR) is 104 cm³/mol. The van der Waals surface area contributed by atoms with E-state index >= 15 is 0 Å². The first kappa shape index (κ1) is 18.8. The number of hydrogen-bond acceptors (Lipinski definition) is 6. The molecule has 0 radical (unpaired) electrons. The van der Waals surface area contributed by atoms with Gasteiger partial charge in [0, 0.05) is 37.1 Å². The minimum atomic E-state index is -3.49. The predicted octanol–water partition coefficient (Wildman–Crippen LogP) is 3.32. The summed E-state index contributed by atoms with van der Waals surface area (Å²) in [6.45, 7) is 4.73. The third kappa shape index (κ3) is 3.45. The molecule has 1 aliphatic rings. The van der Waals surface area contributed by atoms with Gasteiger partial charge in [0.15, 0.2) is 0 Å². The fourth-order valence-corrected chi connectivity index (χ4v) is 5.14. The third-order valence-corrected chi connectivity index (χ3v) is 7.09. The molecule has 4 heterocycles. The summed E-state index contributed by atoms with van der Waals surface area (Å²) < 4.78 is 32.3. The molecule has 3 aromatic heterocycles. The maximum atomic E-state index is 12.8. The average molecular weight is 398 g/mol. The van der Waals surface area contributed by atoms with Crippen molar-refractivity contribution in [3.05, 3.63) is 59.9 Å². The number of nitrogens with zero attached hydrogens (tertiary/aromatic N) is 4. The van der Waals surface area contributed by atoms with E-state index in [0.717, 1.165) is 41.2 Å². The van der Waals surface area contributed by atoms with Crippen LogP contribution in [-0.4, -0.2) is 40.9 Å². The fraction of sp³-hybridized carbons (Fsp3) is 0.350. The van der Waals surface area contributed by atoms with Crippen LogP contribution >= 0.6 is 0 Å². The van der Waals surface area contributed by atoms with Crippen LogP contribution < -0.4 is 0 Å². The minimum absolute atomic E-state index is 0.223. The Kier molecular flexibility index (Phi) is 4.99. The molecule has 0 aromatic carbocycles. The van der Waals surface area contributed by atoms with Crippen molar-refractivity contribution >= 4 is 10.0 Å². The van der Waals surface area contributed by atoms with Crippen LogP contribution in [0.1, 0.15) is 35.9 Å². The van der Waals surface area contributed by atoms with E-state index in [4.69, 9.17) is 9.51 Å². The largest absolute Gasteiger partial charge is 0.361 e. The monoisotopic (exact) mass is 398 g/mol. The van der Waals surface area contributed by atoms with Gasteiger partial charge in [-0.25, -0.2) is 8.42 Å². The van der Waals surface area contributed by atoms with E-state index in [9.17, 15) is 8.42 Å². The Balaban J connectivity index is 1.51. The van der Waals surface area contributed by atoms with Gasteiger partial charge in [-0.1, -0.05) is 11.2 Å². The maximum absolute atomic E-state index is 12.8. The van der Waals surface area contributed by atoms with Crippen LogP contribution in [0.3, 0.4) is 0 Å². The molecule has 0 amide bonds. The fourth-order valence-electron chi connectivity index (χ4n) is 3.71. The van der Waals surface area contributed by atoms with Gasteiger partial charge in [-0.15, -0.1) is 0 Å². The Morgan fingerprint density at radius 3 is 2.54 bits per heavy atom. The average Bonchev–Trinajstić information content (AvgIpc) is 3.07. The molecule has 3 aromatic rings. The first-order chi connectivity index (χ1) is 13.5. The van der Waals surface area contributed by atoms with Gasteiger partial charge in [0.1, 0.15) is 10.7 Å². The zero-order chi connectivity index (χ0) is 19.7. The summed E-state index contributed by atoms with van der Waals surface area (Å²) in [6.07, 6.45) is 4.44. The number of piperidine rings is 1. The molecule has 0 N–H and O–H groups in total. The summed E-state index contributed by atoms with van der Waals surface area (Å²) in [6, 6.07) is 9.19. The van der Waals surface area contributed by atoms with Crippen LogP contribution in [0.25, 0.3) is 11.3 Å². The number of rotatable bonds is 4. The van der Waals surface area contributed by atoms with Gasteiger partial charge in [0.05, 0.1) is 17.0 Å². The van der Waals surface area contributed by atoms with Gasteiger partial charge in [0.25, 0.3) is 0 Å².